The molecule has 0 saturated carbocycles. The van der Waals surface area contributed by atoms with E-state index in [2.05, 4.69) is 257 Å². The summed E-state index contributed by atoms with van der Waals surface area (Å²) in [5.41, 5.74) is 14.8. The van der Waals surface area contributed by atoms with Gasteiger partial charge in [-0.2, -0.15) is 0 Å². The molecule has 0 N–H and O–H groups in total. The van der Waals surface area contributed by atoms with Gasteiger partial charge in [0.25, 0.3) is 5.69 Å². The molecular formula is C62H68N4O+2. The van der Waals surface area contributed by atoms with Gasteiger partial charge < -0.3 is 4.74 Å². The van der Waals surface area contributed by atoms with Crippen LogP contribution in [0, 0.1) is 0 Å². The number of fused-ring (bicyclic) bond motifs is 4. The zero-order chi connectivity index (χ0) is 48.0. The fourth-order valence-corrected chi connectivity index (χ4v) is 9.32. The molecule has 8 aromatic rings. The molecule has 2 aromatic heterocycles. The third-order valence-electron chi connectivity index (χ3n) is 13.3. The fourth-order valence-electron chi connectivity index (χ4n) is 9.32. The van der Waals surface area contributed by atoms with E-state index in [0.29, 0.717) is 0 Å². The van der Waals surface area contributed by atoms with Crippen LogP contribution in [0.2, 0.25) is 0 Å². The summed E-state index contributed by atoms with van der Waals surface area (Å²) in [6.45, 7) is 34.3. The summed E-state index contributed by atoms with van der Waals surface area (Å²) < 4.78 is 13.8. The highest BCUT2D eigenvalue weighted by Gasteiger charge is 2.41. The summed E-state index contributed by atoms with van der Waals surface area (Å²) in [7, 11) is 0. The van der Waals surface area contributed by atoms with Crippen LogP contribution in [0.25, 0.3) is 38.8 Å². The molecule has 6 aromatic carbocycles. The van der Waals surface area contributed by atoms with Gasteiger partial charge in [0.15, 0.2) is 0 Å². The molecule has 1 aliphatic rings. The average Bonchev–Trinajstić information content (AvgIpc) is 3.81. The number of hydrogen-bond acceptors (Lipinski definition) is 2. The summed E-state index contributed by atoms with van der Waals surface area (Å²) in [5.74, 6) is 2.41. The third-order valence-corrected chi connectivity index (χ3v) is 13.3. The van der Waals surface area contributed by atoms with Crippen molar-refractivity contribution in [1.82, 2.24) is 18.7 Å². The quantitative estimate of drug-likeness (QED) is 0.156. The molecule has 3 heterocycles. The second-order valence-corrected chi connectivity index (χ2v) is 23.8. The van der Waals surface area contributed by atoms with E-state index in [1.54, 1.807) is 0 Å². The van der Waals surface area contributed by atoms with Gasteiger partial charge in [0.05, 0.1) is 22.7 Å². The second kappa shape index (κ2) is 16.1. The molecule has 1 aliphatic heterocycles. The Morgan fingerprint density at radius 2 is 1.12 bits per heavy atom. The van der Waals surface area contributed by atoms with Crippen molar-refractivity contribution in [3.8, 4) is 28.4 Å². The van der Waals surface area contributed by atoms with E-state index < -0.39 is 0 Å². The number of para-hydroxylation sites is 2. The SMILES string of the molecule is CC(C)(C)c1cccc(-c2cccc3c2[N+](c2cc(C(C)(C)C)cc(C(C)(C)C)c2)=C=[N+]3c2cccc(Oc3cc(C(C)(C)C)c4c5ccccc5n(-c5cc(C(C)(C)C)ccn5)c4c3)c2)c1. The third kappa shape index (κ3) is 8.67. The summed E-state index contributed by atoms with van der Waals surface area (Å²) in [4.78, 5) is 4.98. The van der Waals surface area contributed by atoms with Gasteiger partial charge in [-0.1, -0.05) is 165 Å². The van der Waals surface area contributed by atoms with Gasteiger partial charge in [-0.3, -0.25) is 4.57 Å². The molecule has 0 amide bonds. The lowest BCUT2D eigenvalue weighted by Gasteiger charge is -2.24. The van der Waals surface area contributed by atoms with E-state index in [0.717, 1.165) is 56.7 Å². The number of benzene rings is 6. The van der Waals surface area contributed by atoms with E-state index in [-0.39, 0.29) is 27.1 Å². The minimum atomic E-state index is -0.178. The first-order valence-corrected chi connectivity index (χ1v) is 24.0. The molecule has 0 fully saturated rings. The van der Waals surface area contributed by atoms with Crippen LogP contribution in [0.15, 0.2) is 140 Å². The standard InChI is InChI=1S/C62H68N4O/c1-58(2,3)41-22-18-21-40(31-41)49-26-20-28-53-57(49)65(46-33-43(60(7,8)9)32-44(34-46)61(10,11)12)39-64(53)45-23-19-24-47(36-45)67-48-37-51(62(13,14)15)56-50-25-16-17-27-52(50)66(54(56)38-48)55-35-42(29-30-63-55)59(4,5)6/h16-38H,1-15H3/q+2. The maximum absolute atomic E-state index is 7.03. The maximum Gasteiger partial charge on any atom is 0.503 e. The maximum atomic E-state index is 7.03. The zero-order valence-electron chi connectivity index (χ0n) is 42.5. The second-order valence-electron chi connectivity index (χ2n) is 23.8. The van der Waals surface area contributed by atoms with Gasteiger partial charge in [0, 0.05) is 47.3 Å². The topological polar surface area (TPSA) is 33.1 Å². The van der Waals surface area contributed by atoms with Gasteiger partial charge in [-0.15, -0.1) is 0 Å². The predicted octanol–water partition coefficient (Wildman–Crippen LogP) is 17.0. The Bertz CT molecular complexity index is 3290. The lowest BCUT2D eigenvalue weighted by atomic mass is 9.80. The molecular weight excluding hydrogens is 817 g/mol. The van der Waals surface area contributed by atoms with Gasteiger partial charge in [0.1, 0.15) is 17.3 Å². The molecule has 0 spiro atoms. The highest BCUT2D eigenvalue weighted by Crippen LogP contribution is 2.47. The van der Waals surface area contributed by atoms with Crippen LogP contribution in [0.5, 0.6) is 11.5 Å². The highest BCUT2D eigenvalue weighted by atomic mass is 16.5. The minimum absolute atomic E-state index is 0.00396. The normalized spacial score (nSPS) is 13.5. The Morgan fingerprint density at radius 3 is 1.79 bits per heavy atom. The molecule has 0 saturated heterocycles. The molecule has 0 bridgehead atoms. The number of ether oxygens (including phenoxy) is 1. The number of rotatable bonds is 6. The number of nitrogens with zero attached hydrogens (tertiary/aromatic N) is 4. The van der Waals surface area contributed by atoms with Crippen LogP contribution in [0.3, 0.4) is 0 Å². The van der Waals surface area contributed by atoms with Crippen molar-refractivity contribution in [3.05, 3.63) is 167 Å². The van der Waals surface area contributed by atoms with Gasteiger partial charge in [-0.25, -0.2) is 4.98 Å². The summed E-state index contributed by atoms with van der Waals surface area (Å²) in [6, 6.07) is 52.6. The van der Waals surface area contributed by atoms with Crippen LogP contribution in [0.4, 0.5) is 22.7 Å². The van der Waals surface area contributed by atoms with Crippen molar-refractivity contribution in [2.45, 2.75) is 131 Å². The molecule has 0 aliphatic carbocycles. The highest BCUT2D eigenvalue weighted by molar-refractivity contribution is 6.11. The molecule has 340 valence electrons. The van der Waals surface area contributed by atoms with Crippen LogP contribution in [-0.2, 0) is 27.1 Å². The van der Waals surface area contributed by atoms with Crippen molar-refractivity contribution in [2.24, 2.45) is 0 Å². The number of pyridine rings is 1. The van der Waals surface area contributed by atoms with Crippen LogP contribution in [-0.4, -0.2) is 15.6 Å². The smallest absolute Gasteiger partial charge is 0.457 e. The van der Waals surface area contributed by atoms with Crippen molar-refractivity contribution in [1.29, 1.82) is 0 Å². The Balaban J connectivity index is 1.23. The van der Waals surface area contributed by atoms with Crippen molar-refractivity contribution in [3.63, 3.8) is 0 Å². The lowest BCUT2D eigenvalue weighted by molar-refractivity contribution is 0.479. The van der Waals surface area contributed by atoms with Gasteiger partial charge in [-0.05, 0) is 106 Å². The first kappa shape index (κ1) is 45.6. The molecule has 0 atom stereocenters. The molecule has 5 nitrogen and oxygen atoms in total. The van der Waals surface area contributed by atoms with E-state index in [4.69, 9.17) is 9.72 Å². The molecule has 0 unspecified atom stereocenters. The van der Waals surface area contributed by atoms with Crippen molar-refractivity contribution in [2.75, 3.05) is 0 Å². The molecule has 9 rings (SSSR count). The van der Waals surface area contributed by atoms with Gasteiger partial charge >= 0.3 is 11.7 Å². The summed E-state index contributed by atoms with van der Waals surface area (Å²) >= 11 is 0. The molecule has 67 heavy (non-hydrogen) atoms. The first-order valence-electron chi connectivity index (χ1n) is 24.0. The fraction of sp³-hybridized carbons (Fsp3) is 0.323. The lowest BCUT2D eigenvalue weighted by Crippen LogP contribution is -2.17. The van der Waals surface area contributed by atoms with Crippen LogP contribution >= 0.6 is 0 Å². The molecule has 5 heteroatoms. The van der Waals surface area contributed by atoms with Gasteiger partial charge in [0.2, 0.25) is 11.4 Å². The van der Waals surface area contributed by atoms with Crippen molar-refractivity contribution < 1.29 is 4.74 Å². The summed E-state index contributed by atoms with van der Waals surface area (Å²) in [6.07, 6.45) is 1.94. The minimum Gasteiger partial charge on any atom is -0.457 e. The van der Waals surface area contributed by atoms with Crippen molar-refractivity contribution >= 4 is 50.6 Å². The largest absolute Gasteiger partial charge is 0.503 e. The van der Waals surface area contributed by atoms with Crippen LogP contribution in [0.1, 0.15) is 132 Å². The monoisotopic (exact) mass is 885 g/mol. The Kier molecular flexibility index (Phi) is 10.9. The zero-order valence-corrected chi connectivity index (χ0v) is 42.5. The predicted molar refractivity (Wildman–Crippen MR) is 285 cm³/mol. The Labute approximate surface area is 399 Å². The number of aromatic nitrogens is 2. The Hall–Kier alpha value is -6.55. The Morgan fingerprint density at radius 1 is 0.478 bits per heavy atom. The van der Waals surface area contributed by atoms with E-state index in [1.165, 1.54) is 44.2 Å². The van der Waals surface area contributed by atoms with E-state index in [1.807, 2.05) is 6.20 Å². The number of hydrogen-bond donors (Lipinski definition) is 0. The van der Waals surface area contributed by atoms with E-state index >= 15 is 0 Å². The average molecular weight is 885 g/mol. The first-order chi connectivity index (χ1) is 31.4. The molecule has 0 radical (unpaired) electrons. The van der Waals surface area contributed by atoms with Crippen LogP contribution < -0.4 is 13.9 Å². The van der Waals surface area contributed by atoms with E-state index in [9.17, 15) is 0 Å². The summed E-state index contributed by atoms with van der Waals surface area (Å²) in [5, 5.41) is 2.42.